The number of aromatic nitrogens is 3. The summed E-state index contributed by atoms with van der Waals surface area (Å²) in [6, 6.07) is 60.5. The molecule has 64 heavy (non-hydrogen) atoms. The second-order valence-corrected chi connectivity index (χ2v) is 28.5. The molecular formula is C58H53GeIrN3O-2. The zero-order valence-electron chi connectivity index (χ0n) is 40.3. The van der Waals surface area contributed by atoms with Crippen molar-refractivity contribution in [3.8, 4) is 50.6 Å². The molecule has 0 spiro atoms. The first-order chi connectivity index (χ1) is 31.7. The Morgan fingerprint density at radius 2 is 1.33 bits per heavy atom. The van der Waals surface area contributed by atoms with E-state index in [1.54, 1.807) is 12.1 Å². The van der Waals surface area contributed by atoms with E-state index >= 15 is 0 Å². The van der Waals surface area contributed by atoms with Gasteiger partial charge in [0, 0.05) is 31.2 Å². The molecule has 0 bridgehead atoms. The van der Waals surface area contributed by atoms with Gasteiger partial charge in [0.05, 0.1) is 22.4 Å². The number of benzene rings is 7. The number of hydrogen-bond donors (Lipinski definition) is 0. The maximum atomic E-state index is 7.35. The van der Waals surface area contributed by atoms with E-state index in [4.69, 9.17) is 13.5 Å². The Kier molecular flexibility index (Phi) is 12.0. The number of para-hydroxylation sites is 2. The fourth-order valence-corrected chi connectivity index (χ4v) is 10.5. The van der Waals surface area contributed by atoms with E-state index < -0.39 is 20.1 Å². The monoisotopic (exact) mass is 1080 g/mol. The van der Waals surface area contributed by atoms with E-state index in [1.807, 2.05) is 24.4 Å². The van der Waals surface area contributed by atoms with Crippen LogP contribution in [0.25, 0.3) is 83.6 Å². The van der Waals surface area contributed by atoms with Crippen LogP contribution in [0, 0.1) is 19.0 Å². The van der Waals surface area contributed by atoms with Gasteiger partial charge in [-0.15, -0.1) is 18.2 Å². The van der Waals surface area contributed by atoms with E-state index in [0.29, 0.717) is 5.56 Å². The fourth-order valence-electron chi connectivity index (χ4n) is 8.33. The Balaban J connectivity index is 0.000000244. The Morgan fingerprint density at radius 3 is 1.94 bits per heavy atom. The molecule has 0 aliphatic heterocycles. The molecule has 0 saturated heterocycles. The summed E-state index contributed by atoms with van der Waals surface area (Å²) in [7, 11) is 0. The minimum Gasteiger partial charge on any atom is 0 e. The topological polar surface area (TPSA) is 43.9 Å². The van der Waals surface area contributed by atoms with Crippen molar-refractivity contribution in [1.82, 2.24) is 14.5 Å². The summed E-state index contributed by atoms with van der Waals surface area (Å²) in [5.41, 5.74) is 15.0. The first-order valence-corrected chi connectivity index (χ1v) is 29.1. The van der Waals surface area contributed by atoms with Gasteiger partial charge < -0.3 is 8.98 Å². The molecule has 7 aromatic carbocycles. The molecule has 0 aliphatic rings. The summed E-state index contributed by atoms with van der Waals surface area (Å²) >= 11 is -1.83. The minimum atomic E-state index is -2.08. The number of furan rings is 1. The first kappa shape index (κ1) is 40.9. The van der Waals surface area contributed by atoms with Crippen molar-refractivity contribution >= 4 is 50.6 Å². The molecule has 3 heterocycles. The summed E-state index contributed by atoms with van der Waals surface area (Å²) in [4.78, 5) is 9.78. The van der Waals surface area contributed by atoms with Gasteiger partial charge in [-0.3, -0.25) is 4.98 Å². The molecule has 10 aromatic rings. The standard InChI is InChI=1S/C43H35N2O.C15H18GeN.Ir/c1-27(2)36-24-32(30-16-9-6-10-17-30)25-37(28(3)4)41(36)45-39-21-12-11-20-38(39)44-43(45)35-19-13-18-34-33-23-22-31(26-40(33)46-42(34)35)29-14-7-5-8-15-29;1-12-5-7-13(8-6-12)15-10-9-14(11-17-15)16(2,3)4;/h5-18,20-28H,1-4H3;5-7,9-11H,1-4H3;/q2*-1;/i;1D3;. The molecule has 0 unspecified atom stereocenters. The van der Waals surface area contributed by atoms with E-state index in [0.717, 1.165) is 61.2 Å². The van der Waals surface area contributed by atoms with Crippen LogP contribution >= 0.6 is 0 Å². The fraction of sp³-hybridized carbons (Fsp3) is 0.172. The number of imidazole rings is 1. The summed E-state index contributed by atoms with van der Waals surface area (Å²) in [6.07, 6.45) is 1.95. The molecule has 6 heteroatoms. The molecule has 1 radical (unpaired) electrons. The van der Waals surface area contributed by atoms with Gasteiger partial charge in [0.15, 0.2) is 0 Å². The average molecular weight is 1080 g/mol. The van der Waals surface area contributed by atoms with Gasteiger partial charge in [-0.25, -0.2) is 0 Å². The van der Waals surface area contributed by atoms with Crippen LogP contribution in [0.5, 0.6) is 0 Å². The number of pyridine rings is 1. The van der Waals surface area contributed by atoms with E-state index in [9.17, 15) is 0 Å². The van der Waals surface area contributed by atoms with Crippen LogP contribution < -0.4 is 4.40 Å². The third kappa shape index (κ3) is 8.95. The van der Waals surface area contributed by atoms with Crippen LogP contribution in [0.1, 0.15) is 60.3 Å². The van der Waals surface area contributed by atoms with Crippen LogP contribution in [0.15, 0.2) is 168 Å². The van der Waals surface area contributed by atoms with E-state index in [2.05, 4.69) is 188 Å². The smallest absolute Gasteiger partial charge is 0 e. The Labute approximate surface area is 398 Å². The predicted octanol–water partition coefficient (Wildman–Crippen LogP) is 15.4. The number of nitrogens with zero attached hydrogens (tertiary/aromatic N) is 3. The zero-order valence-corrected chi connectivity index (χ0v) is 41.8. The molecule has 4 nitrogen and oxygen atoms in total. The molecule has 0 fully saturated rings. The molecular weight excluding hydrogens is 1020 g/mol. The van der Waals surface area contributed by atoms with E-state index in [-0.39, 0.29) is 31.9 Å². The van der Waals surface area contributed by atoms with Crippen LogP contribution in [-0.4, -0.2) is 27.8 Å². The number of fused-ring (bicyclic) bond motifs is 4. The zero-order chi connectivity index (χ0) is 46.3. The van der Waals surface area contributed by atoms with Crippen LogP contribution in [0.4, 0.5) is 0 Å². The maximum Gasteiger partial charge on any atom is 0 e. The van der Waals surface area contributed by atoms with Crippen LogP contribution in [0.2, 0.25) is 17.3 Å². The van der Waals surface area contributed by atoms with Gasteiger partial charge in [-0.2, -0.15) is 0 Å². The van der Waals surface area contributed by atoms with Gasteiger partial charge >= 0.3 is 110 Å². The molecule has 0 saturated carbocycles. The summed E-state index contributed by atoms with van der Waals surface area (Å²) < 4.78 is 32.5. The van der Waals surface area contributed by atoms with Gasteiger partial charge in [0.2, 0.25) is 0 Å². The van der Waals surface area contributed by atoms with Crippen molar-refractivity contribution in [2.75, 3.05) is 0 Å². The molecule has 3 aromatic heterocycles. The largest absolute Gasteiger partial charge is 0 e. The van der Waals surface area contributed by atoms with Crippen molar-refractivity contribution in [2.45, 2.75) is 63.7 Å². The van der Waals surface area contributed by atoms with Gasteiger partial charge in [0.25, 0.3) is 0 Å². The van der Waals surface area contributed by atoms with E-state index in [1.165, 1.54) is 44.0 Å². The van der Waals surface area contributed by atoms with Crippen molar-refractivity contribution in [2.24, 2.45) is 0 Å². The SMILES string of the molecule is CC(C)c1cc(-c2ccccc2)cc(C(C)C)c1-n1c(-c2[c-]ccc3c2oc2cc(-c4ccccc4)ccc23)nc2ccccc21.[2H]C([2H])([2H])c1c[c-]c(-c2cc[c]([Ge]([CH3])([CH3])[CH3])cn2)cc1.[Ir]. The molecule has 0 aliphatic carbocycles. The summed E-state index contributed by atoms with van der Waals surface area (Å²) in [6.45, 7) is 7.06. The van der Waals surface area contributed by atoms with Crippen molar-refractivity contribution in [1.29, 1.82) is 0 Å². The predicted molar refractivity (Wildman–Crippen MR) is 268 cm³/mol. The average Bonchev–Trinajstić information content (AvgIpc) is 3.90. The van der Waals surface area contributed by atoms with Crippen molar-refractivity contribution in [3.63, 3.8) is 0 Å². The van der Waals surface area contributed by atoms with Gasteiger partial charge in [0.1, 0.15) is 5.58 Å². The molecule has 0 amide bonds. The molecule has 0 N–H and O–H groups in total. The second-order valence-electron chi connectivity index (χ2n) is 17.9. The van der Waals surface area contributed by atoms with Crippen LogP contribution in [-0.2, 0) is 20.1 Å². The summed E-state index contributed by atoms with van der Waals surface area (Å²) in [5.74, 6) is 8.39. The third-order valence-corrected chi connectivity index (χ3v) is 16.0. The molecule has 10 rings (SSSR count). The second kappa shape index (κ2) is 18.7. The Morgan fingerprint density at radius 1 is 0.656 bits per heavy atom. The number of rotatable bonds is 8. The number of hydrogen-bond acceptors (Lipinski definition) is 3. The maximum absolute atomic E-state index is 7.35. The van der Waals surface area contributed by atoms with Crippen molar-refractivity contribution in [3.05, 3.63) is 193 Å². The minimum absolute atomic E-state index is 0. The van der Waals surface area contributed by atoms with Crippen LogP contribution in [0.3, 0.4) is 0 Å². The molecule has 321 valence electrons. The quantitative estimate of drug-likeness (QED) is 0.112. The van der Waals surface area contributed by atoms with Gasteiger partial charge in [-0.05, 0) is 75.5 Å². The Hall–Kier alpha value is -5.85. The van der Waals surface area contributed by atoms with Gasteiger partial charge in [-0.1, -0.05) is 124 Å². The summed E-state index contributed by atoms with van der Waals surface area (Å²) in [5, 5.41) is 2.15. The normalized spacial score (nSPS) is 12.5. The van der Waals surface area contributed by atoms with Crippen molar-refractivity contribution < 1.29 is 28.6 Å². The Bertz CT molecular complexity index is 3230. The third-order valence-electron chi connectivity index (χ3n) is 11.8. The first-order valence-electron chi connectivity index (χ1n) is 23.3. The molecule has 0 atom stereocenters. The number of aryl methyl sites for hydroxylation is 1.